The van der Waals surface area contributed by atoms with Crippen LogP contribution in [0.25, 0.3) is 0 Å². The highest BCUT2D eigenvalue weighted by atomic mass is 16.2. The van der Waals surface area contributed by atoms with Crippen molar-refractivity contribution in [2.45, 2.75) is 26.4 Å². The van der Waals surface area contributed by atoms with Crippen LogP contribution < -0.4 is 5.32 Å². The quantitative estimate of drug-likeness (QED) is 0.898. The van der Waals surface area contributed by atoms with Gasteiger partial charge >= 0.3 is 0 Å². The van der Waals surface area contributed by atoms with Crippen LogP contribution in [0.1, 0.15) is 18.1 Å². The second-order valence-electron chi connectivity index (χ2n) is 5.64. The summed E-state index contributed by atoms with van der Waals surface area (Å²) in [6.07, 6.45) is 0. The standard InChI is InChI=1S/C16H25N3O/c1-13-4-6-15(7-5-13)12-18(3)16(20)14(2)19-10-8-17-9-11-19/h4-7,14,17H,8-12H2,1-3H3. The minimum Gasteiger partial charge on any atom is -0.340 e. The van der Waals surface area contributed by atoms with Gasteiger partial charge in [0.2, 0.25) is 5.91 Å². The van der Waals surface area contributed by atoms with Crippen molar-refractivity contribution in [3.63, 3.8) is 0 Å². The monoisotopic (exact) mass is 275 g/mol. The maximum absolute atomic E-state index is 12.5. The number of benzene rings is 1. The Balaban J connectivity index is 1.92. The molecule has 0 radical (unpaired) electrons. The molecule has 20 heavy (non-hydrogen) atoms. The fraction of sp³-hybridized carbons (Fsp3) is 0.562. The normalized spacial score (nSPS) is 17.8. The highest BCUT2D eigenvalue weighted by Gasteiger charge is 2.25. The summed E-state index contributed by atoms with van der Waals surface area (Å²) in [5.74, 6) is 0.201. The number of nitrogens with zero attached hydrogens (tertiary/aromatic N) is 2. The topological polar surface area (TPSA) is 35.6 Å². The number of carbonyl (C=O) groups excluding carboxylic acids is 1. The van der Waals surface area contributed by atoms with Gasteiger partial charge in [-0.25, -0.2) is 0 Å². The van der Waals surface area contributed by atoms with E-state index in [1.165, 1.54) is 11.1 Å². The van der Waals surface area contributed by atoms with Gasteiger partial charge in [-0.05, 0) is 19.4 Å². The number of aryl methyl sites for hydroxylation is 1. The van der Waals surface area contributed by atoms with E-state index in [0.29, 0.717) is 6.54 Å². The molecule has 1 aromatic rings. The van der Waals surface area contributed by atoms with Crippen LogP contribution >= 0.6 is 0 Å². The molecule has 0 bridgehead atoms. The lowest BCUT2D eigenvalue weighted by Gasteiger charge is -2.34. The summed E-state index contributed by atoms with van der Waals surface area (Å²) in [5.41, 5.74) is 2.43. The number of amides is 1. The number of rotatable bonds is 4. The van der Waals surface area contributed by atoms with Gasteiger partial charge < -0.3 is 10.2 Å². The highest BCUT2D eigenvalue weighted by molar-refractivity contribution is 5.81. The lowest BCUT2D eigenvalue weighted by atomic mass is 10.1. The summed E-state index contributed by atoms with van der Waals surface area (Å²) >= 11 is 0. The van der Waals surface area contributed by atoms with Crippen molar-refractivity contribution in [2.24, 2.45) is 0 Å². The van der Waals surface area contributed by atoms with Gasteiger partial charge in [0.05, 0.1) is 6.04 Å². The zero-order chi connectivity index (χ0) is 14.5. The number of piperazine rings is 1. The van der Waals surface area contributed by atoms with Crippen LogP contribution in [0.15, 0.2) is 24.3 Å². The third kappa shape index (κ3) is 3.81. The van der Waals surface area contributed by atoms with E-state index in [2.05, 4.69) is 41.4 Å². The van der Waals surface area contributed by atoms with Crippen molar-refractivity contribution in [3.05, 3.63) is 35.4 Å². The number of hydrogen-bond donors (Lipinski definition) is 1. The molecule has 1 amide bonds. The van der Waals surface area contributed by atoms with Gasteiger partial charge in [-0.15, -0.1) is 0 Å². The SMILES string of the molecule is Cc1ccc(CN(C)C(=O)C(C)N2CCNCC2)cc1. The Labute approximate surface area is 121 Å². The van der Waals surface area contributed by atoms with Crippen molar-refractivity contribution >= 4 is 5.91 Å². The van der Waals surface area contributed by atoms with Crippen LogP contribution in [0.2, 0.25) is 0 Å². The molecule has 1 aliphatic rings. The van der Waals surface area contributed by atoms with Crippen molar-refractivity contribution < 1.29 is 4.79 Å². The van der Waals surface area contributed by atoms with Crippen LogP contribution in [0.5, 0.6) is 0 Å². The van der Waals surface area contributed by atoms with E-state index in [1.54, 1.807) is 0 Å². The Morgan fingerprint density at radius 1 is 1.30 bits per heavy atom. The predicted molar refractivity (Wildman–Crippen MR) is 81.6 cm³/mol. The number of likely N-dealkylation sites (N-methyl/N-ethyl adjacent to an activating group) is 1. The highest BCUT2D eigenvalue weighted by Crippen LogP contribution is 2.09. The van der Waals surface area contributed by atoms with Crippen LogP contribution in [-0.4, -0.2) is 55.0 Å². The van der Waals surface area contributed by atoms with Gasteiger partial charge in [-0.2, -0.15) is 0 Å². The Hall–Kier alpha value is -1.39. The first-order valence-electron chi connectivity index (χ1n) is 7.33. The second-order valence-corrected chi connectivity index (χ2v) is 5.64. The average molecular weight is 275 g/mol. The molecule has 0 spiro atoms. The smallest absolute Gasteiger partial charge is 0.239 e. The zero-order valence-electron chi connectivity index (χ0n) is 12.7. The minimum absolute atomic E-state index is 0.0347. The van der Waals surface area contributed by atoms with Gasteiger partial charge in [0.15, 0.2) is 0 Å². The Bertz CT molecular complexity index is 438. The van der Waals surface area contributed by atoms with E-state index in [-0.39, 0.29) is 11.9 Å². The molecule has 0 saturated carbocycles. The third-order valence-electron chi connectivity index (χ3n) is 3.97. The summed E-state index contributed by atoms with van der Waals surface area (Å²) in [6.45, 7) is 8.61. The van der Waals surface area contributed by atoms with E-state index >= 15 is 0 Å². The fourth-order valence-electron chi connectivity index (χ4n) is 2.59. The predicted octanol–water partition coefficient (Wildman–Crippen LogP) is 1.25. The van der Waals surface area contributed by atoms with E-state index in [0.717, 1.165) is 26.2 Å². The Morgan fingerprint density at radius 3 is 2.50 bits per heavy atom. The first kappa shape index (κ1) is 15.0. The largest absolute Gasteiger partial charge is 0.340 e. The van der Waals surface area contributed by atoms with E-state index in [9.17, 15) is 4.79 Å². The molecule has 2 rings (SSSR count). The fourth-order valence-corrected chi connectivity index (χ4v) is 2.59. The number of carbonyl (C=O) groups is 1. The van der Waals surface area contributed by atoms with Crippen molar-refractivity contribution in [1.82, 2.24) is 15.1 Å². The molecule has 1 heterocycles. The van der Waals surface area contributed by atoms with Gasteiger partial charge in [0, 0.05) is 39.8 Å². The maximum Gasteiger partial charge on any atom is 0.239 e. The average Bonchev–Trinajstić information content (AvgIpc) is 2.49. The summed E-state index contributed by atoms with van der Waals surface area (Å²) in [5, 5.41) is 3.32. The van der Waals surface area contributed by atoms with Crippen molar-refractivity contribution in [3.8, 4) is 0 Å². The molecular formula is C16H25N3O. The van der Waals surface area contributed by atoms with Crippen LogP contribution in [-0.2, 0) is 11.3 Å². The number of nitrogens with one attached hydrogen (secondary N) is 1. The Morgan fingerprint density at radius 2 is 1.90 bits per heavy atom. The molecule has 1 saturated heterocycles. The molecule has 1 unspecified atom stereocenters. The molecular weight excluding hydrogens is 250 g/mol. The van der Waals surface area contributed by atoms with E-state index in [1.807, 2.05) is 18.9 Å². The van der Waals surface area contributed by atoms with Crippen molar-refractivity contribution in [1.29, 1.82) is 0 Å². The molecule has 110 valence electrons. The summed E-state index contributed by atoms with van der Waals surface area (Å²) in [4.78, 5) is 16.6. The van der Waals surface area contributed by atoms with Crippen LogP contribution in [0.4, 0.5) is 0 Å². The zero-order valence-corrected chi connectivity index (χ0v) is 12.7. The molecule has 1 atom stereocenters. The molecule has 1 fully saturated rings. The maximum atomic E-state index is 12.5. The molecule has 4 nitrogen and oxygen atoms in total. The van der Waals surface area contributed by atoms with Crippen LogP contribution in [0, 0.1) is 6.92 Å². The third-order valence-corrected chi connectivity index (χ3v) is 3.97. The lowest BCUT2D eigenvalue weighted by molar-refractivity contribution is -0.135. The van der Waals surface area contributed by atoms with Crippen molar-refractivity contribution in [2.75, 3.05) is 33.2 Å². The molecule has 4 heteroatoms. The lowest BCUT2D eigenvalue weighted by Crippen LogP contribution is -2.52. The molecule has 1 N–H and O–H groups in total. The van der Waals surface area contributed by atoms with E-state index in [4.69, 9.17) is 0 Å². The van der Waals surface area contributed by atoms with Gasteiger partial charge in [0.1, 0.15) is 0 Å². The minimum atomic E-state index is -0.0347. The van der Waals surface area contributed by atoms with Crippen LogP contribution in [0.3, 0.4) is 0 Å². The molecule has 1 aliphatic heterocycles. The molecule has 1 aromatic carbocycles. The Kier molecular flexibility index (Phi) is 5.15. The van der Waals surface area contributed by atoms with Gasteiger partial charge in [-0.3, -0.25) is 9.69 Å². The number of hydrogen-bond acceptors (Lipinski definition) is 3. The summed E-state index contributed by atoms with van der Waals surface area (Å²) in [6, 6.07) is 8.33. The van der Waals surface area contributed by atoms with E-state index < -0.39 is 0 Å². The summed E-state index contributed by atoms with van der Waals surface area (Å²) < 4.78 is 0. The second kappa shape index (κ2) is 6.86. The first-order chi connectivity index (χ1) is 9.58. The van der Waals surface area contributed by atoms with Gasteiger partial charge in [0.25, 0.3) is 0 Å². The molecule has 0 aliphatic carbocycles. The molecule has 0 aromatic heterocycles. The van der Waals surface area contributed by atoms with Gasteiger partial charge in [-0.1, -0.05) is 29.8 Å². The first-order valence-corrected chi connectivity index (χ1v) is 7.33. The summed E-state index contributed by atoms with van der Waals surface area (Å²) in [7, 11) is 1.89.